The summed E-state index contributed by atoms with van der Waals surface area (Å²) in [7, 11) is -3.81. The van der Waals surface area contributed by atoms with E-state index in [1.54, 1.807) is 0 Å². The van der Waals surface area contributed by atoms with Crippen LogP contribution < -0.4 is 15.9 Å². The van der Waals surface area contributed by atoms with Gasteiger partial charge in [-0.15, -0.1) is 0 Å². The van der Waals surface area contributed by atoms with Gasteiger partial charge in [0, 0.05) is 12.5 Å². The van der Waals surface area contributed by atoms with Gasteiger partial charge in [-0.05, 0) is 66.5 Å². The van der Waals surface area contributed by atoms with E-state index < -0.39 is 15.6 Å². The molecule has 0 aliphatic rings. The lowest BCUT2D eigenvalue weighted by Gasteiger charge is -2.37. The first-order chi connectivity index (χ1) is 19.6. The molecule has 0 amide bonds. The van der Waals surface area contributed by atoms with Crippen LogP contribution in [0.25, 0.3) is 0 Å². The molecule has 4 heteroatoms. The maximum absolute atomic E-state index is 6.80. The summed E-state index contributed by atoms with van der Waals surface area (Å²) in [4.78, 5) is 0. The zero-order valence-corrected chi connectivity index (χ0v) is 27.7. The number of hydrogen-bond acceptors (Lipinski definition) is 2. The molecule has 41 heavy (non-hydrogen) atoms. The fraction of sp³-hybridized carbons (Fsp3) is 0.351. The van der Waals surface area contributed by atoms with Gasteiger partial charge in [0.2, 0.25) is 0 Å². The average Bonchev–Trinajstić information content (AvgIpc) is 2.99. The zero-order chi connectivity index (χ0) is 29.3. The molecule has 216 valence electrons. The van der Waals surface area contributed by atoms with E-state index in [-0.39, 0.29) is 11.1 Å². The predicted octanol–water partition coefficient (Wildman–Crippen LogP) is 8.61. The number of rotatable bonds is 13. The lowest BCUT2D eigenvalue weighted by atomic mass is 10.0. The second kappa shape index (κ2) is 14.1. The van der Waals surface area contributed by atoms with Gasteiger partial charge < -0.3 is 9.16 Å². The van der Waals surface area contributed by atoms with Crippen LogP contribution >= 0.6 is 7.26 Å². The third kappa shape index (κ3) is 7.84. The molecule has 0 N–H and O–H groups in total. The number of benzene rings is 4. The summed E-state index contributed by atoms with van der Waals surface area (Å²) in [6, 6.07) is 44.1. The number of ether oxygens (including phenoxy) is 1. The predicted molar refractivity (Wildman–Crippen MR) is 182 cm³/mol. The van der Waals surface area contributed by atoms with Crippen LogP contribution in [0.15, 0.2) is 121 Å². The van der Waals surface area contributed by atoms with Crippen molar-refractivity contribution in [3.63, 3.8) is 0 Å². The van der Waals surface area contributed by atoms with E-state index in [4.69, 9.17) is 9.16 Å². The maximum atomic E-state index is 6.80. The normalized spacial score (nSPS) is 14.0. The molecule has 0 spiro atoms. The van der Waals surface area contributed by atoms with Crippen molar-refractivity contribution < 1.29 is 9.16 Å². The Morgan fingerprint density at radius 1 is 0.659 bits per heavy atom. The molecule has 0 aromatic heterocycles. The fourth-order valence-electron chi connectivity index (χ4n) is 5.32. The molecule has 2 atom stereocenters. The largest absolute Gasteiger partial charge is 0.417 e. The molecular formula is C37H48O2PSi+. The van der Waals surface area contributed by atoms with Gasteiger partial charge in [-0.25, -0.2) is 0 Å². The lowest BCUT2D eigenvalue weighted by Crippen LogP contribution is -2.42. The summed E-state index contributed by atoms with van der Waals surface area (Å²) in [6.45, 7) is 15.3. The Morgan fingerprint density at radius 2 is 1.07 bits per heavy atom. The van der Waals surface area contributed by atoms with E-state index in [0.717, 1.165) is 19.2 Å². The van der Waals surface area contributed by atoms with Crippen molar-refractivity contribution in [2.75, 3.05) is 12.8 Å². The highest BCUT2D eigenvalue weighted by Gasteiger charge is 2.47. The van der Waals surface area contributed by atoms with Crippen molar-refractivity contribution in [2.45, 2.75) is 65.0 Å². The molecule has 0 fully saturated rings. The zero-order valence-electron chi connectivity index (χ0n) is 25.8. The average molecular weight is 584 g/mol. The van der Waals surface area contributed by atoms with E-state index in [9.17, 15) is 0 Å². The Bertz CT molecular complexity index is 1210. The van der Waals surface area contributed by atoms with Gasteiger partial charge in [-0.2, -0.15) is 0 Å². The van der Waals surface area contributed by atoms with Crippen molar-refractivity contribution in [1.29, 1.82) is 0 Å². The van der Waals surface area contributed by atoms with Crippen LogP contribution in [-0.2, 0) is 15.8 Å². The lowest BCUT2D eigenvalue weighted by molar-refractivity contribution is -0.00216. The summed E-state index contributed by atoms with van der Waals surface area (Å²) in [5.74, 6) is 0.315. The maximum Gasteiger partial charge on any atom is 0.191 e. The quantitative estimate of drug-likeness (QED) is 0.116. The Kier molecular flexibility index (Phi) is 10.8. The first kappa shape index (κ1) is 31.4. The van der Waals surface area contributed by atoms with Crippen LogP contribution in [0.2, 0.25) is 18.1 Å². The highest BCUT2D eigenvalue weighted by molar-refractivity contribution is 7.95. The summed E-state index contributed by atoms with van der Waals surface area (Å²) >= 11 is 0. The molecule has 0 heterocycles. The van der Waals surface area contributed by atoms with Crippen molar-refractivity contribution in [1.82, 2.24) is 0 Å². The minimum atomic E-state index is -1.96. The first-order valence-corrected chi connectivity index (χ1v) is 19.9. The Balaban J connectivity index is 1.70. The first-order valence-electron chi connectivity index (χ1n) is 15.0. The minimum Gasteiger partial charge on any atom is -0.417 e. The van der Waals surface area contributed by atoms with Crippen LogP contribution in [-0.4, -0.2) is 27.2 Å². The SMILES string of the molecule is C[C@@H](C[P+](c1ccccc1)(c1ccccc1)c1ccccc1)[C@@H](CCO[Si](C)(C)C(C)(C)C)OCc1ccccc1. The van der Waals surface area contributed by atoms with Gasteiger partial charge in [0.1, 0.15) is 23.2 Å². The third-order valence-corrected chi connectivity index (χ3v) is 18.0. The summed E-state index contributed by atoms with van der Waals surface area (Å²) < 4.78 is 13.5. The second-order valence-electron chi connectivity index (χ2n) is 12.7. The van der Waals surface area contributed by atoms with Gasteiger partial charge in [-0.1, -0.05) is 113 Å². The van der Waals surface area contributed by atoms with Gasteiger partial charge >= 0.3 is 0 Å². The topological polar surface area (TPSA) is 18.5 Å². The van der Waals surface area contributed by atoms with Gasteiger partial charge in [0.25, 0.3) is 0 Å². The molecule has 4 rings (SSSR count). The molecule has 4 aromatic rings. The highest BCUT2D eigenvalue weighted by Crippen LogP contribution is 2.57. The van der Waals surface area contributed by atoms with Crippen LogP contribution in [0.4, 0.5) is 0 Å². The summed E-state index contributed by atoms with van der Waals surface area (Å²) in [5.41, 5.74) is 1.21. The third-order valence-electron chi connectivity index (χ3n) is 8.77. The fourth-order valence-corrected chi connectivity index (χ4v) is 11.0. The smallest absolute Gasteiger partial charge is 0.191 e. The van der Waals surface area contributed by atoms with Gasteiger partial charge in [0.05, 0.1) is 18.9 Å². The van der Waals surface area contributed by atoms with Crippen LogP contribution in [0, 0.1) is 5.92 Å². The van der Waals surface area contributed by atoms with Crippen LogP contribution in [0.5, 0.6) is 0 Å². The molecule has 0 aliphatic heterocycles. The monoisotopic (exact) mass is 583 g/mol. The van der Waals surface area contributed by atoms with Crippen molar-refractivity contribution in [2.24, 2.45) is 5.92 Å². The Labute approximate surface area is 250 Å². The molecule has 0 unspecified atom stereocenters. The highest BCUT2D eigenvalue weighted by atomic mass is 31.2. The molecule has 0 saturated heterocycles. The summed E-state index contributed by atoms with van der Waals surface area (Å²) in [5, 5.41) is 4.45. The molecule has 4 aromatic carbocycles. The van der Waals surface area contributed by atoms with E-state index >= 15 is 0 Å². The van der Waals surface area contributed by atoms with Crippen molar-refractivity contribution >= 4 is 31.5 Å². The number of hydrogen-bond donors (Lipinski definition) is 0. The molecule has 0 bridgehead atoms. The molecule has 0 saturated carbocycles. The van der Waals surface area contributed by atoms with Gasteiger partial charge in [0.15, 0.2) is 8.32 Å². The second-order valence-corrected chi connectivity index (χ2v) is 21.1. The van der Waals surface area contributed by atoms with Crippen molar-refractivity contribution in [3.8, 4) is 0 Å². The minimum absolute atomic E-state index is 0.0792. The Hall–Kier alpha value is -2.55. The van der Waals surface area contributed by atoms with E-state index in [2.05, 4.69) is 162 Å². The van der Waals surface area contributed by atoms with Crippen LogP contribution in [0.3, 0.4) is 0 Å². The van der Waals surface area contributed by atoms with E-state index in [0.29, 0.717) is 12.5 Å². The van der Waals surface area contributed by atoms with E-state index in [1.807, 2.05) is 0 Å². The summed E-state index contributed by atoms with van der Waals surface area (Å²) in [6.07, 6.45) is 2.00. The standard InChI is InChI=1S/C37H48O2PSi/c1-31(36(38-29-32-19-11-7-12-20-32)27-28-39-41(5,6)37(2,3)4)30-40(33-21-13-8-14-22-33,34-23-15-9-16-24-34)35-25-17-10-18-26-35/h7-26,31,36H,27-30H2,1-6H3/q+1/t31-,36+/m0/s1. The Morgan fingerprint density at radius 3 is 1.49 bits per heavy atom. The van der Waals surface area contributed by atoms with Crippen LogP contribution in [0.1, 0.15) is 39.7 Å². The van der Waals surface area contributed by atoms with Gasteiger partial charge in [-0.3, -0.25) is 0 Å². The van der Waals surface area contributed by atoms with E-state index in [1.165, 1.54) is 21.5 Å². The molecule has 0 radical (unpaired) electrons. The van der Waals surface area contributed by atoms with Crippen molar-refractivity contribution in [3.05, 3.63) is 127 Å². The molecule has 2 nitrogen and oxygen atoms in total. The molecular weight excluding hydrogens is 535 g/mol. The molecule has 0 aliphatic carbocycles.